The third-order valence-corrected chi connectivity index (χ3v) is 9.55. The molecule has 2 aliphatic rings. The largest absolute Gasteiger partial charge is 0.478 e. The summed E-state index contributed by atoms with van der Waals surface area (Å²) < 4.78 is 6.82. The van der Waals surface area contributed by atoms with E-state index in [0.29, 0.717) is 22.9 Å². The summed E-state index contributed by atoms with van der Waals surface area (Å²) in [6.45, 7) is 11.6. The molecule has 3 aromatic carbocycles. The van der Waals surface area contributed by atoms with Crippen molar-refractivity contribution < 1.29 is 84.3 Å². The molecule has 4 amide bonds. The van der Waals surface area contributed by atoms with Gasteiger partial charge in [-0.3, -0.25) is 23.7 Å². The molecule has 7 unspecified atom stereocenters. The molecule has 0 aliphatic carbocycles. The van der Waals surface area contributed by atoms with Crippen LogP contribution in [-0.4, -0.2) is 224 Å². The Bertz CT molecular complexity index is 2250. The van der Waals surface area contributed by atoms with Crippen LogP contribution in [-0.2, 0) is 19.1 Å². The molecule has 0 bridgehead atoms. The fourth-order valence-electron chi connectivity index (χ4n) is 6.58. The summed E-state index contributed by atoms with van der Waals surface area (Å²) in [6, 6.07) is 17.9. The molecule has 7 atom stereocenters. The molecule has 3 heterocycles. The topological polar surface area (TPSA) is 398 Å². The molecule has 27 heteroatoms. The van der Waals surface area contributed by atoms with Gasteiger partial charge in [-0.2, -0.15) is 0 Å². The number of likely N-dealkylation sites (N-methyl/N-ethyl adjacent to an activating group) is 3. The number of fused-ring (bicyclic) bond motifs is 1. The van der Waals surface area contributed by atoms with Crippen molar-refractivity contribution in [2.75, 3.05) is 96.5 Å². The van der Waals surface area contributed by atoms with Crippen molar-refractivity contribution in [1.82, 2.24) is 29.6 Å². The molecular formula is C52H80N10O17. The number of carbonyl (C=O) groups is 7. The van der Waals surface area contributed by atoms with Crippen molar-refractivity contribution >= 4 is 64.4 Å². The first-order valence-electron chi connectivity index (χ1n) is 24.3. The number of carboxylic acids is 3. The number of aliphatic hydroxyl groups excluding tert-OH is 6. The van der Waals surface area contributed by atoms with E-state index in [1.165, 1.54) is 68.1 Å². The number of hydrogen-bond acceptors (Lipinski definition) is 19. The van der Waals surface area contributed by atoms with Gasteiger partial charge in [0.05, 0.1) is 54.6 Å². The number of benzene rings is 3. The Morgan fingerprint density at radius 1 is 0.595 bits per heavy atom. The molecule has 4 aromatic rings. The number of hydrogen-bond donors (Lipinski definition) is 14. The van der Waals surface area contributed by atoms with E-state index in [1.807, 2.05) is 57.0 Å². The molecular weight excluding hydrogens is 1040 g/mol. The quantitative estimate of drug-likeness (QED) is 0.0849. The maximum absolute atomic E-state index is 11.6. The number of aromatic carboxylic acids is 3. The van der Waals surface area contributed by atoms with E-state index in [2.05, 4.69) is 31.6 Å². The lowest BCUT2D eigenvalue weighted by Gasteiger charge is -2.22. The number of nitrogens with zero attached hydrogens (tertiary/aromatic N) is 5. The minimum Gasteiger partial charge on any atom is -0.478 e. The highest BCUT2D eigenvalue weighted by atomic mass is 16.6. The zero-order valence-electron chi connectivity index (χ0n) is 46.6. The lowest BCUT2D eigenvalue weighted by Crippen LogP contribution is -2.36. The Labute approximate surface area is 459 Å². The van der Waals surface area contributed by atoms with Crippen molar-refractivity contribution in [3.8, 4) is 0 Å². The monoisotopic (exact) mass is 1120 g/mol. The number of amides is 4. The fraction of sp³-hybridized carbons (Fsp3) is 0.462. The van der Waals surface area contributed by atoms with Gasteiger partial charge in [-0.15, -0.1) is 0 Å². The maximum atomic E-state index is 11.6. The van der Waals surface area contributed by atoms with Gasteiger partial charge in [-0.1, -0.05) is 0 Å². The van der Waals surface area contributed by atoms with Gasteiger partial charge >= 0.3 is 17.9 Å². The fourth-order valence-corrected chi connectivity index (χ4v) is 6.58. The first-order valence-corrected chi connectivity index (χ1v) is 24.3. The van der Waals surface area contributed by atoms with Crippen LogP contribution in [0, 0.1) is 0 Å². The highest BCUT2D eigenvalue weighted by Crippen LogP contribution is 2.33. The number of imidazole rings is 1. The average molecular weight is 1120 g/mol. The van der Waals surface area contributed by atoms with Crippen LogP contribution in [0.25, 0.3) is 0 Å². The summed E-state index contributed by atoms with van der Waals surface area (Å²) in [5, 5.41) is 93.6. The molecule has 1 fully saturated rings. The molecule has 0 radical (unpaired) electrons. The smallest absolute Gasteiger partial charge is 0.335 e. The molecule has 6 rings (SSSR count). The molecule has 440 valence electrons. The van der Waals surface area contributed by atoms with Gasteiger partial charge in [0.25, 0.3) is 5.91 Å². The number of carboxylic acid groups (broad SMARTS) is 3. The van der Waals surface area contributed by atoms with Gasteiger partial charge in [0.15, 0.2) is 11.9 Å². The third-order valence-electron chi connectivity index (χ3n) is 9.55. The van der Waals surface area contributed by atoms with Gasteiger partial charge in [0.1, 0.15) is 24.1 Å². The molecule has 1 aromatic heterocycles. The van der Waals surface area contributed by atoms with Crippen LogP contribution in [0.15, 0.2) is 79.1 Å². The Kier molecular flexibility index (Phi) is 33.9. The lowest BCUT2D eigenvalue weighted by molar-refractivity contribution is -0.115. The minimum absolute atomic E-state index is 0.178. The summed E-state index contributed by atoms with van der Waals surface area (Å²) in [4.78, 5) is 84.5. The molecule has 1 saturated heterocycles. The lowest BCUT2D eigenvalue weighted by atomic mass is 10.1. The molecule has 0 saturated carbocycles. The van der Waals surface area contributed by atoms with Gasteiger partial charge in [0.2, 0.25) is 17.7 Å². The van der Waals surface area contributed by atoms with E-state index in [-0.39, 0.29) is 71.0 Å². The summed E-state index contributed by atoms with van der Waals surface area (Å²) in [6.07, 6.45) is -3.41. The van der Waals surface area contributed by atoms with Crippen molar-refractivity contribution in [3.63, 3.8) is 0 Å². The van der Waals surface area contributed by atoms with E-state index in [1.54, 1.807) is 57.2 Å². The van der Waals surface area contributed by atoms with Crippen molar-refractivity contribution in [1.29, 1.82) is 0 Å². The summed E-state index contributed by atoms with van der Waals surface area (Å²) in [5.74, 6) is -3.37. The van der Waals surface area contributed by atoms with Crippen LogP contribution in [0.5, 0.6) is 0 Å². The predicted octanol–water partition coefficient (Wildman–Crippen LogP) is 1.42. The third kappa shape index (κ3) is 30.9. The number of aromatic nitrogens is 2. The first-order chi connectivity index (χ1) is 36.8. The number of rotatable bonds is 14. The molecule has 0 spiro atoms. The van der Waals surface area contributed by atoms with Crippen molar-refractivity contribution in [2.24, 2.45) is 0 Å². The zero-order valence-corrected chi connectivity index (χ0v) is 46.6. The van der Waals surface area contributed by atoms with Crippen LogP contribution >= 0.6 is 0 Å². The Morgan fingerprint density at radius 2 is 0.911 bits per heavy atom. The maximum Gasteiger partial charge on any atom is 0.335 e. The summed E-state index contributed by atoms with van der Waals surface area (Å²) in [5.41, 5.74) is 2.59. The average Bonchev–Trinajstić information content (AvgIpc) is 3.88. The van der Waals surface area contributed by atoms with Gasteiger partial charge in [-0.05, 0) is 136 Å². The van der Waals surface area contributed by atoms with Crippen LogP contribution in [0.1, 0.15) is 89.3 Å². The second-order valence-electron chi connectivity index (χ2n) is 18.5. The molecule has 79 heavy (non-hydrogen) atoms. The first kappa shape index (κ1) is 71.6. The Balaban J connectivity index is 0.000000929. The number of nitrogens with one attached hydrogen (secondary N) is 5. The molecule has 2 aliphatic heterocycles. The number of carbonyl (C=O) groups excluding carboxylic acids is 4. The van der Waals surface area contributed by atoms with Crippen LogP contribution in [0.4, 0.5) is 22.9 Å². The highest BCUT2D eigenvalue weighted by molar-refractivity contribution is 5.98. The minimum atomic E-state index is -1.21. The zero-order chi connectivity index (χ0) is 60.7. The van der Waals surface area contributed by atoms with Crippen LogP contribution < -0.4 is 26.6 Å². The van der Waals surface area contributed by atoms with E-state index in [9.17, 15) is 43.8 Å². The van der Waals surface area contributed by atoms with E-state index in [0.717, 1.165) is 19.6 Å². The number of ether oxygens (including phenoxy) is 1. The second kappa shape index (κ2) is 37.4. The van der Waals surface area contributed by atoms with Crippen LogP contribution in [0.2, 0.25) is 0 Å². The van der Waals surface area contributed by atoms with Gasteiger partial charge in [0, 0.05) is 57.5 Å². The van der Waals surface area contributed by atoms with Crippen LogP contribution in [0.3, 0.4) is 0 Å². The number of anilines is 4. The summed E-state index contributed by atoms with van der Waals surface area (Å²) >= 11 is 0. The summed E-state index contributed by atoms with van der Waals surface area (Å²) in [7, 11) is 11.6. The molecule has 14 N–H and O–H groups in total. The number of aliphatic hydroxyl groups is 6. The Morgan fingerprint density at radius 3 is 1.14 bits per heavy atom. The second-order valence-corrected chi connectivity index (χ2v) is 18.5. The van der Waals surface area contributed by atoms with E-state index >= 15 is 0 Å². The van der Waals surface area contributed by atoms with E-state index < -0.39 is 49.1 Å². The standard InChI is InChI=1S/C10H14N4O5.3C9H9NO3.3C5H13NO/c15-1-4-6(16)7(17)10(19-4)14-3-13-5-8(14)11-2-12-9(5)18;3*1-6(11)10-8-4-2-7(3-5-8)9(12)13;3*1-5(7)4-6(2)3/h3-4,6-7,10-11,15-17H,1-2H2,(H,12,18);3*2-5H,1H3,(H,10,11)(H,12,13);3*5,7H,4H2,1-3H3. The molecule has 27 nitrogen and oxygen atoms in total. The van der Waals surface area contributed by atoms with Gasteiger partial charge < -0.3 is 92.0 Å². The van der Waals surface area contributed by atoms with Gasteiger partial charge in [-0.25, -0.2) is 19.4 Å². The van der Waals surface area contributed by atoms with Crippen molar-refractivity contribution in [2.45, 2.75) is 84.4 Å². The highest BCUT2D eigenvalue weighted by Gasteiger charge is 2.44. The Hall–Kier alpha value is -7.44. The van der Waals surface area contributed by atoms with Crippen molar-refractivity contribution in [3.05, 3.63) is 102 Å². The normalized spacial score (nSPS) is 16.7. The predicted molar refractivity (Wildman–Crippen MR) is 295 cm³/mol. The SMILES string of the molecule is CC(=O)Nc1ccc(C(=O)O)cc1.CC(=O)Nc1ccc(C(=O)O)cc1.CC(=O)Nc1ccc(C(=O)O)cc1.CC(O)CN(C)C.CC(O)CN(C)C.CC(O)CN(C)C.O=C1NCNc2c1ncn2C1OC(CO)C(O)C1O. The van der Waals surface area contributed by atoms with E-state index in [4.69, 9.17) is 40.5 Å².